The average Bonchev–Trinajstić information content (AvgIpc) is 2.31. The van der Waals surface area contributed by atoms with Crippen molar-refractivity contribution in [2.24, 2.45) is 17.8 Å². The zero-order chi connectivity index (χ0) is 11.4. The van der Waals surface area contributed by atoms with E-state index in [0.29, 0.717) is 0 Å². The van der Waals surface area contributed by atoms with Crippen molar-refractivity contribution in [2.75, 3.05) is 32.7 Å². The van der Waals surface area contributed by atoms with E-state index in [9.17, 15) is 0 Å². The van der Waals surface area contributed by atoms with Gasteiger partial charge in [0.05, 0.1) is 0 Å². The molecular weight excluding hydrogens is 196 g/mol. The Kier molecular flexibility index (Phi) is 4.66. The third-order valence-electron chi connectivity index (χ3n) is 4.55. The Labute approximate surface area is 101 Å². The summed E-state index contributed by atoms with van der Waals surface area (Å²) in [6.45, 7) is 11.3. The maximum atomic E-state index is 3.46. The van der Waals surface area contributed by atoms with E-state index < -0.39 is 0 Å². The van der Waals surface area contributed by atoms with E-state index in [-0.39, 0.29) is 0 Å². The zero-order valence-corrected chi connectivity index (χ0v) is 11.0. The number of nitrogens with one attached hydrogen (secondary N) is 1. The first kappa shape index (κ1) is 12.4. The number of piperidine rings is 2. The molecule has 2 aliphatic heterocycles. The molecule has 0 aromatic heterocycles. The largest absolute Gasteiger partial charge is 0.317 e. The Morgan fingerprint density at radius 3 is 2.25 bits per heavy atom. The molecule has 0 spiro atoms. The molecule has 0 aliphatic carbocycles. The van der Waals surface area contributed by atoms with Gasteiger partial charge in [-0.2, -0.15) is 0 Å². The van der Waals surface area contributed by atoms with Gasteiger partial charge in [-0.3, -0.25) is 0 Å². The lowest BCUT2D eigenvalue weighted by Crippen LogP contribution is -2.40. The molecule has 2 heterocycles. The summed E-state index contributed by atoms with van der Waals surface area (Å²) in [5.74, 6) is 2.85. The van der Waals surface area contributed by atoms with Gasteiger partial charge in [0, 0.05) is 6.54 Å². The maximum Gasteiger partial charge on any atom is 0.00106 e. The second kappa shape index (κ2) is 6.02. The fourth-order valence-electron chi connectivity index (χ4n) is 3.23. The highest BCUT2D eigenvalue weighted by atomic mass is 15.1. The minimum atomic E-state index is 0.890. The molecule has 2 fully saturated rings. The zero-order valence-electron chi connectivity index (χ0n) is 11.0. The summed E-state index contributed by atoms with van der Waals surface area (Å²) in [7, 11) is 0. The van der Waals surface area contributed by atoms with Crippen molar-refractivity contribution in [1.82, 2.24) is 10.2 Å². The number of nitrogens with zero attached hydrogens (tertiary/aromatic N) is 1. The lowest BCUT2D eigenvalue weighted by Gasteiger charge is -2.36. The Morgan fingerprint density at radius 2 is 1.69 bits per heavy atom. The van der Waals surface area contributed by atoms with Crippen LogP contribution in [-0.2, 0) is 0 Å². The summed E-state index contributed by atoms with van der Waals surface area (Å²) in [6, 6.07) is 0. The molecule has 2 nitrogen and oxygen atoms in total. The van der Waals surface area contributed by atoms with Crippen LogP contribution in [0.25, 0.3) is 0 Å². The molecule has 0 aromatic carbocycles. The highest BCUT2D eigenvalue weighted by molar-refractivity contribution is 4.78. The predicted molar refractivity (Wildman–Crippen MR) is 69.6 cm³/mol. The summed E-state index contributed by atoms with van der Waals surface area (Å²) >= 11 is 0. The molecule has 0 aromatic rings. The summed E-state index contributed by atoms with van der Waals surface area (Å²) in [5.41, 5.74) is 0. The van der Waals surface area contributed by atoms with Gasteiger partial charge in [0.25, 0.3) is 0 Å². The topological polar surface area (TPSA) is 15.3 Å². The Morgan fingerprint density at radius 1 is 1.06 bits per heavy atom. The molecule has 0 bridgehead atoms. The Bertz CT molecular complexity index is 189. The van der Waals surface area contributed by atoms with E-state index in [1.165, 1.54) is 58.4 Å². The van der Waals surface area contributed by atoms with Gasteiger partial charge in [0.2, 0.25) is 0 Å². The first-order valence-corrected chi connectivity index (χ1v) is 7.19. The standard InChI is InChI=1S/C14H28N2/c1-12(2)14-5-9-16(10-6-14)11-13-3-7-15-8-4-13/h12-15H,3-11H2,1-2H3. The van der Waals surface area contributed by atoms with Gasteiger partial charge in [0.1, 0.15) is 0 Å². The molecule has 2 saturated heterocycles. The van der Waals surface area contributed by atoms with Crippen LogP contribution in [0.5, 0.6) is 0 Å². The summed E-state index contributed by atoms with van der Waals surface area (Å²) in [6.07, 6.45) is 5.65. The van der Waals surface area contributed by atoms with Gasteiger partial charge in [-0.25, -0.2) is 0 Å². The highest BCUT2D eigenvalue weighted by Gasteiger charge is 2.23. The molecular formula is C14H28N2. The summed E-state index contributed by atoms with van der Waals surface area (Å²) in [5, 5.41) is 3.46. The van der Waals surface area contributed by atoms with Crippen LogP contribution in [0.3, 0.4) is 0 Å². The molecule has 2 rings (SSSR count). The third-order valence-corrected chi connectivity index (χ3v) is 4.55. The molecule has 0 radical (unpaired) electrons. The minimum absolute atomic E-state index is 0.890. The maximum absolute atomic E-state index is 3.46. The van der Waals surface area contributed by atoms with E-state index in [1.54, 1.807) is 0 Å². The van der Waals surface area contributed by atoms with Gasteiger partial charge in [-0.15, -0.1) is 0 Å². The molecule has 0 saturated carbocycles. The van der Waals surface area contributed by atoms with Gasteiger partial charge < -0.3 is 10.2 Å². The van der Waals surface area contributed by atoms with Crippen LogP contribution in [0.1, 0.15) is 39.5 Å². The second-order valence-corrected chi connectivity index (χ2v) is 6.08. The van der Waals surface area contributed by atoms with Crippen molar-refractivity contribution in [3.63, 3.8) is 0 Å². The van der Waals surface area contributed by atoms with Gasteiger partial charge in [-0.05, 0) is 69.6 Å². The first-order chi connectivity index (χ1) is 7.75. The molecule has 0 amide bonds. The number of hydrogen-bond acceptors (Lipinski definition) is 2. The highest BCUT2D eigenvalue weighted by Crippen LogP contribution is 2.25. The van der Waals surface area contributed by atoms with Crippen molar-refractivity contribution >= 4 is 0 Å². The van der Waals surface area contributed by atoms with Gasteiger partial charge >= 0.3 is 0 Å². The number of rotatable bonds is 3. The van der Waals surface area contributed by atoms with Crippen LogP contribution in [-0.4, -0.2) is 37.6 Å². The minimum Gasteiger partial charge on any atom is -0.317 e. The van der Waals surface area contributed by atoms with E-state index in [0.717, 1.165) is 17.8 Å². The number of likely N-dealkylation sites (tertiary alicyclic amines) is 1. The quantitative estimate of drug-likeness (QED) is 0.791. The lowest BCUT2D eigenvalue weighted by molar-refractivity contribution is 0.130. The molecule has 0 atom stereocenters. The van der Waals surface area contributed by atoms with E-state index in [4.69, 9.17) is 0 Å². The van der Waals surface area contributed by atoms with Crippen molar-refractivity contribution in [2.45, 2.75) is 39.5 Å². The fraction of sp³-hybridized carbons (Fsp3) is 1.00. The Hall–Kier alpha value is -0.0800. The molecule has 16 heavy (non-hydrogen) atoms. The van der Waals surface area contributed by atoms with Crippen LogP contribution in [0, 0.1) is 17.8 Å². The first-order valence-electron chi connectivity index (χ1n) is 7.19. The van der Waals surface area contributed by atoms with Crippen LogP contribution in [0.2, 0.25) is 0 Å². The van der Waals surface area contributed by atoms with Crippen molar-refractivity contribution in [3.05, 3.63) is 0 Å². The van der Waals surface area contributed by atoms with Crippen molar-refractivity contribution in [1.29, 1.82) is 0 Å². The average molecular weight is 224 g/mol. The van der Waals surface area contributed by atoms with Gasteiger partial charge in [0.15, 0.2) is 0 Å². The summed E-state index contributed by atoms with van der Waals surface area (Å²) in [4.78, 5) is 2.72. The molecule has 2 aliphatic rings. The predicted octanol–water partition coefficient (Wildman–Crippen LogP) is 2.35. The molecule has 94 valence electrons. The van der Waals surface area contributed by atoms with Crippen molar-refractivity contribution in [3.8, 4) is 0 Å². The van der Waals surface area contributed by atoms with E-state index in [2.05, 4.69) is 24.1 Å². The Balaban J connectivity index is 1.68. The fourth-order valence-corrected chi connectivity index (χ4v) is 3.23. The summed E-state index contributed by atoms with van der Waals surface area (Å²) < 4.78 is 0. The smallest absolute Gasteiger partial charge is 0.00106 e. The monoisotopic (exact) mass is 224 g/mol. The SMILES string of the molecule is CC(C)C1CCN(CC2CCNCC2)CC1. The number of hydrogen-bond donors (Lipinski definition) is 1. The molecule has 2 heteroatoms. The van der Waals surface area contributed by atoms with Crippen LogP contribution in [0.4, 0.5) is 0 Å². The molecule has 0 unspecified atom stereocenters. The van der Waals surface area contributed by atoms with E-state index in [1.807, 2.05) is 0 Å². The molecule has 1 N–H and O–H groups in total. The van der Waals surface area contributed by atoms with Crippen molar-refractivity contribution < 1.29 is 0 Å². The van der Waals surface area contributed by atoms with E-state index >= 15 is 0 Å². The van der Waals surface area contributed by atoms with Crippen LogP contribution >= 0.6 is 0 Å². The van der Waals surface area contributed by atoms with Gasteiger partial charge in [-0.1, -0.05) is 13.8 Å². The van der Waals surface area contributed by atoms with Crippen LogP contribution in [0.15, 0.2) is 0 Å². The third kappa shape index (κ3) is 3.46. The second-order valence-electron chi connectivity index (χ2n) is 6.08. The normalized spacial score (nSPS) is 26.4. The lowest BCUT2D eigenvalue weighted by atomic mass is 9.86. The van der Waals surface area contributed by atoms with Crippen LogP contribution < -0.4 is 5.32 Å².